The van der Waals surface area contributed by atoms with E-state index in [1.807, 2.05) is 24.3 Å². The lowest BCUT2D eigenvalue weighted by Gasteiger charge is -2.09. The largest absolute Gasteiger partial charge is 0.497 e. The third-order valence-corrected chi connectivity index (χ3v) is 2.92. The number of ether oxygens (including phenoxy) is 2. The minimum absolute atomic E-state index is 0.763. The molecule has 0 unspecified atom stereocenters. The summed E-state index contributed by atoms with van der Waals surface area (Å²) in [6.45, 7) is 2.95. The molecule has 0 aliphatic rings. The van der Waals surface area contributed by atoms with Gasteiger partial charge in [0.1, 0.15) is 11.5 Å². The van der Waals surface area contributed by atoms with Gasteiger partial charge in [0.15, 0.2) is 0 Å². The van der Waals surface area contributed by atoms with Crippen molar-refractivity contribution in [3.63, 3.8) is 0 Å². The van der Waals surface area contributed by atoms with Crippen molar-refractivity contribution in [1.82, 2.24) is 4.98 Å². The Hall–Kier alpha value is -1.77. The minimum Gasteiger partial charge on any atom is -0.497 e. The van der Waals surface area contributed by atoms with E-state index in [4.69, 9.17) is 9.47 Å². The molecule has 0 saturated carbocycles. The van der Waals surface area contributed by atoms with Crippen LogP contribution in [0, 0.1) is 0 Å². The molecule has 1 aromatic heterocycles. The molecule has 1 aromatic carbocycles. The molecule has 0 aliphatic carbocycles. The van der Waals surface area contributed by atoms with E-state index in [-0.39, 0.29) is 0 Å². The second kappa shape index (κ2) is 6.24. The molecule has 0 amide bonds. The second-order valence-electron chi connectivity index (χ2n) is 4.25. The third-order valence-electron chi connectivity index (χ3n) is 2.92. The van der Waals surface area contributed by atoms with Crippen LogP contribution in [0.25, 0.3) is 10.9 Å². The average molecular weight is 245 g/mol. The Balaban J connectivity index is 2.17. The quantitative estimate of drug-likeness (QED) is 0.725. The fourth-order valence-electron chi connectivity index (χ4n) is 1.89. The molecule has 2 aromatic rings. The molecule has 0 aliphatic heterocycles. The summed E-state index contributed by atoms with van der Waals surface area (Å²) in [5.74, 6) is 1.72. The maximum absolute atomic E-state index is 5.81. The van der Waals surface area contributed by atoms with Crippen LogP contribution in [0.15, 0.2) is 30.5 Å². The van der Waals surface area contributed by atoms with Gasteiger partial charge in [-0.25, -0.2) is 0 Å². The summed E-state index contributed by atoms with van der Waals surface area (Å²) < 4.78 is 11.0. The van der Waals surface area contributed by atoms with Crippen molar-refractivity contribution in [3.05, 3.63) is 30.5 Å². The van der Waals surface area contributed by atoms with Gasteiger partial charge in [-0.15, -0.1) is 0 Å². The lowest BCUT2D eigenvalue weighted by Crippen LogP contribution is -1.98. The van der Waals surface area contributed by atoms with E-state index in [9.17, 15) is 0 Å². The van der Waals surface area contributed by atoms with Crippen molar-refractivity contribution in [3.8, 4) is 11.5 Å². The zero-order valence-corrected chi connectivity index (χ0v) is 11.0. The normalized spacial score (nSPS) is 10.6. The van der Waals surface area contributed by atoms with Gasteiger partial charge in [-0.1, -0.05) is 19.8 Å². The van der Waals surface area contributed by atoms with Gasteiger partial charge in [-0.05, 0) is 24.6 Å². The van der Waals surface area contributed by atoms with Gasteiger partial charge in [0.25, 0.3) is 0 Å². The van der Waals surface area contributed by atoms with Crippen LogP contribution in [0.1, 0.15) is 26.2 Å². The highest BCUT2D eigenvalue weighted by molar-refractivity contribution is 5.85. The topological polar surface area (TPSA) is 31.4 Å². The number of hydrogen-bond acceptors (Lipinski definition) is 3. The summed E-state index contributed by atoms with van der Waals surface area (Å²) in [6, 6.07) is 7.77. The molecule has 1 heterocycles. The Morgan fingerprint density at radius 1 is 1.17 bits per heavy atom. The van der Waals surface area contributed by atoms with Gasteiger partial charge in [-0.2, -0.15) is 0 Å². The van der Waals surface area contributed by atoms with Gasteiger partial charge in [0.2, 0.25) is 0 Å². The van der Waals surface area contributed by atoms with Gasteiger partial charge in [0, 0.05) is 17.6 Å². The third kappa shape index (κ3) is 2.92. The Kier molecular flexibility index (Phi) is 4.40. The SMILES string of the molecule is CCCCCOc1ccnc2cc(OC)ccc12. The lowest BCUT2D eigenvalue weighted by molar-refractivity contribution is 0.309. The molecule has 0 N–H and O–H groups in total. The average Bonchev–Trinajstić information content (AvgIpc) is 2.43. The fourth-order valence-corrected chi connectivity index (χ4v) is 1.89. The van der Waals surface area contributed by atoms with Gasteiger partial charge in [-0.3, -0.25) is 4.98 Å². The Bertz CT molecular complexity index is 511. The zero-order valence-electron chi connectivity index (χ0n) is 11.0. The first-order chi connectivity index (χ1) is 8.85. The molecule has 0 fully saturated rings. The van der Waals surface area contributed by atoms with Gasteiger partial charge < -0.3 is 9.47 Å². The summed E-state index contributed by atoms with van der Waals surface area (Å²) in [7, 11) is 1.66. The first kappa shape index (κ1) is 12.7. The predicted molar refractivity (Wildman–Crippen MR) is 73.3 cm³/mol. The number of rotatable bonds is 6. The molecular weight excluding hydrogens is 226 g/mol. The zero-order chi connectivity index (χ0) is 12.8. The number of aromatic nitrogens is 1. The maximum atomic E-state index is 5.81. The van der Waals surface area contributed by atoms with E-state index in [0.717, 1.165) is 35.4 Å². The van der Waals surface area contributed by atoms with Gasteiger partial charge >= 0.3 is 0 Å². The van der Waals surface area contributed by atoms with E-state index >= 15 is 0 Å². The molecule has 3 heteroatoms. The molecule has 0 atom stereocenters. The molecule has 2 rings (SSSR count). The molecule has 0 bridgehead atoms. The molecule has 18 heavy (non-hydrogen) atoms. The molecule has 0 saturated heterocycles. The van der Waals surface area contributed by atoms with Crippen LogP contribution >= 0.6 is 0 Å². The molecule has 96 valence electrons. The summed E-state index contributed by atoms with van der Waals surface area (Å²) >= 11 is 0. The Morgan fingerprint density at radius 3 is 2.83 bits per heavy atom. The van der Waals surface area contributed by atoms with Crippen LogP contribution in [0.3, 0.4) is 0 Å². The molecule has 0 radical (unpaired) electrons. The summed E-state index contributed by atoms with van der Waals surface area (Å²) in [4.78, 5) is 4.33. The number of benzene rings is 1. The minimum atomic E-state index is 0.763. The van der Waals surface area contributed by atoms with E-state index in [2.05, 4.69) is 11.9 Å². The van der Waals surface area contributed by atoms with Crippen molar-refractivity contribution < 1.29 is 9.47 Å². The van der Waals surface area contributed by atoms with Crippen LogP contribution in [-0.4, -0.2) is 18.7 Å². The second-order valence-corrected chi connectivity index (χ2v) is 4.25. The van der Waals surface area contributed by atoms with Crippen molar-refractivity contribution in [2.75, 3.05) is 13.7 Å². The predicted octanol–water partition coefficient (Wildman–Crippen LogP) is 3.81. The van der Waals surface area contributed by atoms with Crippen LogP contribution < -0.4 is 9.47 Å². The number of unbranched alkanes of at least 4 members (excludes halogenated alkanes) is 2. The number of fused-ring (bicyclic) bond motifs is 1. The van der Waals surface area contributed by atoms with Crippen LogP contribution in [0.4, 0.5) is 0 Å². The maximum Gasteiger partial charge on any atom is 0.130 e. The number of methoxy groups -OCH3 is 1. The highest BCUT2D eigenvalue weighted by Crippen LogP contribution is 2.27. The van der Waals surface area contributed by atoms with Crippen LogP contribution in [-0.2, 0) is 0 Å². The lowest BCUT2D eigenvalue weighted by atomic mass is 10.2. The standard InChI is InChI=1S/C15H19NO2/c1-3-4-5-10-18-15-8-9-16-14-11-12(17-2)6-7-13(14)15/h6-9,11H,3-5,10H2,1-2H3. The first-order valence-corrected chi connectivity index (χ1v) is 6.40. The highest BCUT2D eigenvalue weighted by Gasteiger charge is 2.04. The number of pyridine rings is 1. The molecule has 0 spiro atoms. The molecule has 3 nitrogen and oxygen atoms in total. The van der Waals surface area contributed by atoms with E-state index < -0.39 is 0 Å². The van der Waals surface area contributed by atoms with Crippen molar-refractivity contribution in [1.29, 1.82) is 0 Å². The van der Waals surface area contributed by atoms with Crippen molar-refractivity contribution in [2.45, 2.75) is 26.2 Å². The van der Waals surface area contributed by atoms with Crippen LogP contribution in [0.5, 0.6) is 11.5 Å². The smallest absolute Gasteiger partial charge is 0.130 e. The van der Waals surface area contributed by atoms with Crippen LogP contribution in [0.2, 0.25) is 0 Å². The molecular formula is C15H19NO2. The Labute approximate surface area is 108 Å². The first-order valence-electron chi connectivity index (χ1n) is 6.40. The summed E-state index contributed by atoms with van der Waals surface area (Å²) in [5.41, 5.74) is 0.905. The van der Waals surface area contributed by atoms with Crippen molar-refractivity contribution >= 4 is 10.9 Å². The fraction of sp³-hybridized carbons (Fsp3) is 0.400. The number of nitrogens with zero attached hydrogens (tertiary/aromatic N) is 1. The van der Waals surface area contributed by atoms with E-state index in [1.165, 1.54) is 12.8 Å². The Morgan fingerprint density at radius 2 is 2.06 bits per heavy atom. The summed E-state index contributed by atoms with van der Waals surface area (Å²) in [6.07, 6.45) is 5.28. The summed E-state index contributed by atoms with van der Waals surface area (Å²) in [5, 5.41) is 1.04. The van der Waals surface area contributed by atoms with E-state index in [1.54, 1.807) is 13.3 Å². The van der Waals surface area contributed by atoms with Gasteiger partial charge in [0.05, 0.1) is 19.2 Å². The monoisotopic (exact) mass is 245 g/mol. The number of hydrogen-bond donors (Lipinski definition) is 0. The van der Waals surface area contributed by atoms with Crippen molar-refractivity contribution in [2.24, 2.45) is 0 Å². The van der Waals surface area contributed by atoms with E-state index in [0.29, 0.717) is 0 Å². The highest BCUT2D eigenvalue weighted by atomic mass is 16.5.